The van der Waals surface area contributed by atoms with E-state index in [0.717, 1.165) is 55.2 Å². The number of halogens is 1. The molecule has 0 unspecified atom stereocenters. The minimum atomic E-state index is 0.171. The van der Waals surface area contributed by atoms with Gasteiger partial charge in [0.05, 0.1) is 0 Å². The fourth-order valence-corrected chi connectivity index (χ4v) is 2.33. The van der Waals surface area contributed by atoms with Gasteiger partial charge in [-0.2, -0.15) is 0 Å². The Morgan fingerprint density at radius 2 is 1.79 bits per heavy atom. The molecule has 0 heterocycles. The first-order chi connectivity index (χ1) is 9.22. The minimum absolute atomic E-state index is 0.171. The zero-order chi connectivity index (χ0) is 14.1. The number of nitrogens with zero attached hydrogens (tertiary/aromatic N) is 1. The van der Waals surface area contributed by atoms with E-state index in [4.69, 9.17) is 0 Å². The summed E-state index contributed by atoms with van der Waals surface area (Å²) < 4.78 is 0. The van der Waals surface area contributed by atoms with Gasteiger partial charge >= 0.3 is 0 Å². The molecule has 3 heteroatoms. The summed E-state index contributed by atoms with van der Waals surface area (Å²) in [5.41, 5.74) is 1.96. The van der Waals surface area contributed by atoms with E-state index in [1.54, 1.807) is 0 Å². The lowest BCUT2D eigenvalue weighted by molar-refractivity contribution is 0.0751. The molecule has 0 aliphatic rings. The highest BCUT2D eigenvalue weighted by atomic mass is 79.9. The van der Waals surface area contributed by atoms with Crippen LogP contribution in [0.25, 0.3) is 0 Å². The average molecular weight is 326 g/mol. The van der Waals surface area contributed by atoms with Crippen molar-refractivity contribution in [1.82, 2.24) is 4.90 Å². The fourth-order valence-electron chi connectivity index (χ4n) is 1.98. The number of carbonyl (C=O) groups is 1. The third kappa shape index (κ3) is 5.35. The monoisotopic (exact) mass is 325 g/mol. The van der Waals surface area contributed by atoms with Crippen LogP contribution >= 0.6 is 15.9 Å². The first kappa shape index (κ1) is 16.2. The largest absolute Gasteiger partial charge is 0.339 e. The number of carbonyl (C=O) groups excluding carboxylic acids is 1. The van der Waals surface area contributed by atoms with Gasteiger partial charge in [0, 0.05) is 24.0 Å². The number of unbranched alkanes of at least 4 members (excludes halogenated alkanes) is 2. The molecular formula is C16H24BrNO. The summed E-state index contributed by atoms with van der Waals surface area (Å²) in [7, 11) is 0. The zero-order valence-electron chi connectivity index (χ0n) is 12.0. The standard InChI is InChI=1S/C16H24BrNO/c1-3-5-10-18(11-6-4-2)16(19)15-9-7-8-14(12-15)13-17/h7-9,12H,3-6,10-11,13H2,1-2H3. The van der Waals surface area contributed by atoms with E-state index in [1.165, 1.54) is 0 Å². The van der Waals surface area contributed by atoms with Crippen LogP contribution in [0.1, 0.15) is 55.5 Å². The highest BCUT2D eigenvalue weighted by Crippen LogP contribution is 2.12. The molecule has 0 N–H and O–H groups in total. The van der Waals surface area contributed by atoms with Gasteiger partial charge < -0.3 is 4.90 Å². The van der Waals surface area contributed by atoms with Crippen LogP contribution in [-0.2, 0) is 5.33 Å². The van der Waals surface area contributed by atoms with Gasteiger partial charge in [0.1, 0.15) is 0 Å². The number of amides is 1. The van der Waals surface area contributed by atoms with Crippen LogP contribution in [0.3, 0.4) is 0 Å². The molecule has 1 aromatic carbocycles. The molecule has 2 nitrogen and oxygen atoms in total. The first-order valence-electron chi connectivity index (χ1n) is 7.17. The van der Waals surface area contributed by atoms with Crippen molar-refractivity contribution in [3.05, 3.63) is 35.4 Å². The third-order valence-corrected chi connectivity index (χ3v) is 3.83. The highest BCUT2D eigenvalue weighted by Gasteiger charge is 2.14. The Bertz CT molecular complexity index is 384. The average Bonchev–Trinajstić information content (AvgIpc) is 2.47. The zero-order valence-corrected chi connectivity index (χ0v) is 13.6. The van der Waals surface area contributed by atoms with Crippen LogP contribution in [0.5, 0.6) is 0 Å². The van der Waals surface area contributed by atoms with Crippen molar-refractivity contribution < 1.29 is 4.79 Å². The van der Waals surface area contributed by atoms with Crippen LogP contribution in [0, 0.1) is 0 Å². The van der Waals surface area contributed by atoms with Gasteiger partial charge in [-0.3, -0.25) is 4.79 Å². The van der Waals surface area contributed by atoms with Crippen molar-refractivity contribution >= 4 is 21.8 Å². The Labute approximate surface area is 125 Å². The Hall–Kier alpha value is -0.830. The number of benzene rings is 1. The van der Waals surface area contributed by atoms with E-state index in [2.05, 4.69) is 29.8 Å². The van der Waals surface area contributed by atoms with E-state index in [1.807, 2.05) is 29.2 Å². The van der Waals surface area contributed by atoms with Crippen molar-refractivity contribution in [3.8, 4) is 0 Å². The smallest absolute Gasteiger partial charge is 0.253 e. The molecule has 0 atom stereocenters. The molecule has 0 aliphatic carbocycles. The molecule has 0 radical (unpaired) electrons. The SMILES string of the molecule is CCCCN(CCCC)C(=O)c1cccc(CBr)c1. The van der Waals surface area contributed by atoms with Crippen molar-refractivity contribution in [3.63, 3.8) is 0 Å². The highest BCUT2D eigenvalue weighted by molar-refractivity contribution is 9.08. The summed E-state index contributed by atoms with van der Waals surface area (Å²) in [6.07, 6.45) is 4.40. The van der Waals surface area contributed by atoms with Gasteiger partial charge in [-0.05, 0) is 30.5 Å². The topological polar surface area (TPSA) is 20.3 Å². The van der Waals surface area contributed by atoms with Crippen molar-refractivity contribution in [1.29, 1.82) is 0 Å². The maximum absolute atomic E-state index is 12.5. The quantitative estimate of drug-likeness (QED) is 0.638. The molecule has 0 spiro atoms. The molecule has 1 rings (SSSR count). The third-order valence-electron chi connectivity index (χ3n) is 3.18. The lowest BCUT2D eigenvalue weighted by Gasteiger charge is -2.22. The van der Waals surface area contributed by atoms with Gasteiger partial charge in [-0.1, -0.05) is 54.8 Å². The fraction of sp³-hybridized carbons (Fsp3) is 0.562. The van der Waals surface area contributed by atoms with Crippen molar-refractivity contribution in [2.24, 2.45) is 0 Å². The maximum Gasteiger partial charge on any atom is 0.253 e. The van der Waals surface area contributed by atoms with Crippen LogP contribution in [0.2, 0.25) is 0 Å². The van der Waals surface area contributed by atoms with E-state index in [-0.39, 0.29) is 5.91 Å². The van der Waals surface area contributed by atoms with Gasteiger partial charge in [-0.15, -0.1) is 0 Å². The Kier molecular flexibility index (Phi) is 7.80. The van der Waals surface area contributed by atoms with Crippen LogP contribution < -0.4 is 0 Å². The second-order valence-electron chi connectivity index (χ2n) is 4.83. The molecule has 0 saturated heterocycles. The predicted molar refractivity (Wildman–Crippen MR) is 84.8 cm³/mol. The Morgan fingerprint density at radius 3 is 2.32 bits per heavy atom. The van der Waals surface area contributed by atoms with Gasteiger partial charge in [-0.25, -0.2) is 0 Å². The van der Waals surface area contributed by atoms with Crippen LogP contribution in [0.4, 0.5) is 0 Å². The van der Waals surface area contributed by atoms with E-state index in [9.17, 15) is 4.79 Å². The molecule has 106 valence electrons. The van der Waals surface area contributed by atoms with Crippen LogP contribution in [0.15, 0.2) is 24.3 Å². The number of hydrogen-bond acceptors (Lipinski definition) is 1. The summed E-state index contributed by atoms with van der Waals surface area (Å²) in [6, 6.07) is 7.90. The second-order valence-corrected chi connectivity index (χ2v) is 5.39. The first-order valence-corrected chi connectivity index (χ1v) is 8.29. The van der Waals surface area contributed by atoms with Crippen molar-refractivity contribution in [2.75, 3.05) is 13.1 Å². The maximum atomic E-state index is 12.5. The lowest BCUT2D eigenvalue weighted by atomic mass is 10.1. The Balaban J connectivity index is 2.77. The molecule has 19 heavy (non-hydrogen) atoms. The Morgan fingerprint density at radius 1 is 1.16 bits per heavy atom. The predicted octanol–water partition coefficient (Wildman–Crippen LogP) is 4.62. The molecule has 0 bridgehead atoms. The normalized spacial score (nSPS) is 10.5. The molecule has 1 amide bonds. The number of hydrogen-bond donors (Lipinski definition) is 0. The summed E-state index contributed by atoms with van der Waals surface area (Å²) in [4.78, 5) is 14.5. The lowest BCUT2D eigenvalue weighted by Crippen LogP contribution is -2.33. The number of alkyl halides is 1. The molecule has 1 aromatic rings. The van der Waals surface area contributed by atoms with Gasteiger partial charge in [0.2, 0.25) is 0 Å². The minimum Gasteiger partial charge on any atom is -0.339 e. The van der Waals surface area contributed by atoms with Crippen LogP contribution in [-0.4, -0.2) is 23.9 Å². The molecule has 0 fully saturated rings. The van der Waals surface area contributed by atoms with E-state index in [0.29, 0.717) is 0 Å². The van der Waals surface area contributed by atoms with Gasteiger partial charge in [0.25, 0.3) is 5.91 Å². The second kappa shape index (κ2) is 9.13. The molecule has 0 aromatic heterocycles. The molecule has 0 saturated carbocycles. The summed E-state index contributed by atoms with van der Waals surface area (Å²) in [5.74, 6) is 0.171. The summed E-state index contributed by atoms with van der Waals surface area (Å²) in [5, 5.41) is 0.790. The summed E-state index contributed by atoms with van der Waals surface area (Å²) >= 11 is 3.44. The number of rotatable bonds is 8. The van der Waals surface area contributed by atoms with Gasteiger partial charge in [0.15, 0.2) is 0 Å². The van der Waals surface area contributed by atoms with E-state index >= 15 is 0 Å². The molecule has 0 aliphatic heterocycles. The van der Waals surface area contributed by atoms with Crippen molar-refractivity contribution in [2.45, 2.75) is 44.9 Å². The van der Waals surface area contributed by atoms with E-state index < -0.39 is 0 Å². The molecular weight excluding hydrogens is 302 g/mol. The summed E-state index contributed by atoms with van der Waals surface area (Å²) in [6.45, 7) is 6.06.